The molecule has 0 bridgehead atoms. The van der Waals surface area contributed by atoms with Gasteiger partial charge in [-0.05, 0) is 37.1 Å². The quantitative estimate of drug-likeness (QED) is 0.857. The van der Waals surface area contributed by atoms with Crippen LogP contribution in [0.15, 0.2) is 18.2 Å². The normalized spacial score (nSPS) is 12.1. The molecule has 0 radical (unpaired) electrons. The summed E-state index contributed by atoms with van der Waals surface area (Å²) in [4.78, 5) is 14.0. The van der Waals surface area contributed by atoms with Gasteiger partial charge in [0, 0.05) is 13.0 Å². The van der Waals surface area contributed by atoms with Crippen LogP contribution in [0.4, 0.5) is 5.69 Å². The van der Waals surface area contributed by atoms with Crippen LogP contribution < -0.4 is 15.4 Å². The smallest absolute Gasteiger partial charge is 0.229 e. The number of ether oxygens (including phenoxy) is 1. The fourth-order valence-electron chi connectivity index (χ4n) is 2.04. The van der Waals surface area contributed by atoms with Crippen molar-refractivity contribution in [1.29, 1.82) is 0 Å². The molecule has 0 aromatic heterocycles. The Kier molecular flexibility index (Phi) is 5.83. The van der Waals surface area contributed by atoms with E-state index in [0.717, 1.165) is 12.1 Å². The number of carbonyl (C=O) groups is 1. The summed E-state index contributed by atoms with van der Waals surface area (Å²) in [6.45, 7) is 4.51. The predicted molar refractivity (Wildman–Crippen MR) is 78.6 cm³/mol. The Balaban J connectivity index is 3.02. The van der Waals surface area contributed by atoms with Crippen molar-refractivity contribution in [3.63, 3.8) is 0 Å². The van der Waals surface area contributed by atoms with E-state index in [1.165, 1.54) is 5.56 Å². The van der Waals surface area contributed by atoms with Crippen molar-refractivity contribution in [2.24, 2.45) is 11.7 Å². The second kappa shape index (κ2) is 7.14. The van der Waals surface area contributed by atoms with E-state index in [-0.39, 0.29) is 11.8 Å². The maximum absolute atomic E-state index is 12.3. The van der Waals surface area contributed by atoms with Gasteiger partial charge in [0.25, 0.3) is 0 Å². The number of carbonyl (C=O) groups excluding carboxylic acids is 1. The Hall–Kier alpha value is -1.55. The summed E-state index contributed by atoms with van der Waals surface area (Å²) >= 11 is 0. The molecule has 0 aliphatic rings. The van der Waals surface area contributed by atoms with Crippen LogP contribution in [-0.4, -0.2) is 26.6 Å². The molecule has 0 saturated heterocycles. The van der Waals surface area contributed by atoms with Gasteiger partial charge >= 0.3 is 0 Å². The van der Waals surface area contributed by atoms with Gasteiger partial charge in [0.1, 0.15) is 5.75 Å². The standard InChI is InChI=1S/C15H24N2O2/c1-5-12-6-7-14(19-4)13(10-12)17(3)15(18)11(2)8-9-16/h6-7,10-11H,5,8-9,16H2,1-4H3. The number of amides is 1. The van der Waals surface area contributed by atoms with Crippen molar-refractivity contribution in [3.05, 3.63) is 23.8 Å². The van der Waals surface area contributed by atoms with E-state index in [1.54, 1.807) is 19.1 Å². The molecule has 1 aromatic rings. The average Bonchev–Trinajstić information content (AvgIpc) is 2.45. The van der Waals surface area contributed by atoms with E-state index >= 15 is 0 Å². The van der Waals surface area contributed by atoms with Crippen molar-refractivity contribution < 1.29 is 9.53 Å². The maximum Gasteiger partial charge on any atom is 0.229 e. The van der Waals surface area contributed by atoms with Crippen LogP contribution in [0.1, 0.15) is 25.8 Å². The zero-order valence-electron chi connectivity index (χ0n) is 12.3. The molecule has 1 aromatic carbocycles. The van der Waals surface area contributed by atoms with E-state index in [2.05, 4.69) is 6.92 Å². The molecule has 1 rings (SSSR count). The monoisotopic (exact) mass is 264 g/mol. The highest BCUT2D eigenvalue weighted by atomic mass is 16.5. The molecular formula is C15H24N2O2. The van der Waals surface area contributed by atoms with E-state index in [1.807, 2.05) is 25.1 Å². The lowest BCUT2D eigenvalue weighted by molar-refractivity contribution is -0.121. The molecule has 4 heteroatoms. The highest BCUT2D eigenvalue weighted by Gasteiger charge is 2.20. The molecule has 0 spiro atoms. The zero-order valence-corrected chi connectivity index (χ0v) is 12.3. The van der Waals surface area contributed by atoms with Gasteiger partial charge in [-0.25, -0.2) is 0 Å². The summed E-state index contributed by atoms with van der Waals surface area (Å²) in [6.07, 6.45) is 1.62. The Morgan fingerprint density at radius 2 is 2.16 bits per heavy atom. The van der Waals surface area contributed by atoms with Crippen LogP contribution >= 0.6 is 0 Å². The summed E-state index contributed by atoms with van der Waals surface area (Å²) in [5.41, 5.74) is 7.51. The topological polar surface area (TPSA) is 55.6 Å². The first-order valence-corrected chi connectivity index (χ1v) is 6.69. The number of benzene rings is 1. The van der Waals surface area contributed by atoms with E-state index in [9.17, 15) is 4.79 Å². The fraction of sp³-hybridized carbons (Fsp3) is 0.533. The number of aryl methyl sites for hydroxylation is 1. The van der Waals surface area contributed by atoms with Crippen LogP contribution in [0.3, 0.4) is 0 Å². The van der Waals surface area contributed by atoms with Gasteiger partial charge in [0.2, 0.25) is 5.91 Å². The molecule has 0 aliphatic heterocycles. The predicted octanol–water partition coefficient (Wildman–Crippen LogP) is 2.21. The van der Waals surface area contributed by atoms with E-state index in [4.69, 9.17) is 10.5 Å². The van der Waals surface area contributed by atoms with E-state index < -0.39 is 0 Å². The number of nitrogens with zero attached hydrogens (tertiary/aromatic N) is 1. The highest BCUT2D eigenvalue weighted by Crippen LogP contribution is 2.30. The molecule has 4 nitrogen and oxygen atoms in total. The molecule has 1 atom stereocenters. The van der Waals surface area contributed by atoms with Gasteiger partial charge in [-0.15, -0.1) is 0 Å². The van der Waals surface area contributed by atoms with Gasteiger partial charge in [0.05, 0.1) is 12.8 Å². The minimum Gasteiger partial charge on any atom is -0.495 e. The summed E-state index contributed by atoms with van der Waals surface area (Å²) < 4.78 is 5.34. The van der Waals surface area contributed by atoms with Gasteiger partial charge in [-0.2, -0.15) is 0 Å². The molecule has 0 fully saturated rings. The first-order valence-electron chi connectivity index (χ1n) is 6.69. The van der Waals surface area contributed by atoms with Gasteiger partial charge in [0.15, 0.2) is 0 Å². The second-order valence-electron chi connectivity index (χ2n) is 4.74. The number of rotatable bonds is 6. The molecular weight excluding hydrogens is 240 g/mol. The van der Waals surface area contributed by atoms with Crippen molar-refractivity contribution in [1.82, 2.24) is 0 Å². The fourth-order valence-corrected chi connectivity index (χ4v) is 2.04. The Labute approximate surface area is 115 Å². The first kappa shape index (κ1) is 15.5. The van der Waals surface area contributed by atoms with Crippen LogP contribution in [0.5, 0.6) is 5.75 Å². The maximum atomic E-state index is 12.3. The highest BCUT2D eigenvalue weighted by molar-refractivity contribution is 5.95. The summed E-state index contributed by atoms with van der Waals surface area (Å²) in [7, 11) is 3.40. The summed E-state index contributed by atoms with van der Waals surface area (Å²) in [6, 6.07) is 5.93. The molecule has 19 heavy (non-hydrogen) atoms. The van der Waals surface area contributed by atoms with Crippen LogP contribution in [0.2, 0.25) is 0 Å². The minimum atomic E-state index is -0.0787. The number of nitrogens with two attached hydrogens (primary N) is 1. The molecule has 106 valence electrons. The summed E-state index contributed by atoms with van der Waals surface area (Å²) in [5.74, 6) is 0.704. The lowest BCUT2D eigenvalue weighted by atomic mass is 10.1. The van der Waals surface area contributed by atoms with Gasteiger partial charge in [-0.1, -0.05) is 19.9 Å². The zero-order chi connectivity index (χ0) is 14.4. The molecule has 2 N–H and O–H groups in total. The first-order chi connectivity index (χ1) is 9.04. The van der Waals surface area contributed by atoms with Gasteiger partial charge < -0.3 is 15.4 Å². The van der Waals surface area contributed by atoms with Crippen LogP contribution in [0.25, 0.3) is 0 Å². The Morgan fingerprint density at radius 1 is 1.47 bits per heavy atom. The summed E-state index contributed by atoms with van der Waals surface area (Å²) in [5, 5.41) is 0. The number of hydrogen-bond acceptors (Lipinski definition) is 3. The van der Waals surface area contributed by atoms with Crippen molar-refractivity contribution >= 4 is 11.6 Å². The number of hydrogen-bond donors (Lipinski definition) is 1. The SMILES string of the molecule is CCc1ccc(OC)c(N(C)C(=O)C(C)CCN)c1. The largest absolute Gasteiger partial charge is 0.495 e. The van der Waals surface area contributed by atoms with Gasteiger partial charge in [-0.3, -0.25) is 4.79 Å². The van der Waals surface area contributed by atoms with Crippen LogP contribution in [-0.2, 0) is 11.2 Å². The third kappa shape index (κ3) is 3.70. The van der Waals surface area contributed by atoms with E-state index in [0.29, 0.717) is 18.7 Å². The minimum absolute atomic E-state index is 0.0667. The average molecular weight is 264 g/mol. The molecule has 0 saturated carbocycles. The van der Waals surface area contributed by atoms with Crippen LogP contribution in [0, 0.1) is 5.92 Å². The Morgan fingerprint density at radius 3 is 2.68 bits per heavy atom. The molecule has 1 unspecified atom stereocenters. The molecule has 0 aliphatic carbocycles. The molecule has 0 heterocycles. The number of anilines is 1. The lowest BCUT2D eigenvalue weighted by Crippen LogP contribution is -2.32. The molecule has 1 amide bonds. The van der Waals surface area contributed by atoms with Crippen molar-refractivity contribution in [2.45, 2.75) is 26.7 Å². The third-order valence-corrected chi connectivity index (χ3v) is 3.36. The third-order valence-electron chi connectivity index (χ3n) is 3.36. The van der Waals surface area contributed by atoms with Crippen molar-refractivity contribution in [3.8, 4) is 5.75 Å². The number of methoxy groups -OCH3 is 1. The van der Waals surface area contributed by atoms with Crippen molar-refractivity contribution in [2.75, 3.05) is 25.6 Å². The second-order valence-corrected chi connectivity index (χ2v) is 4.74. The Bertz CT molecular complexity index is 432. The lowest BCUT2D eigenvalue weighted by Gasteiger charge is -2.23.